The third-order valence-electron chi connectivity index (χ3n) is 11.2. The number of carboxylic acids is 1. The van der Waals surface area contributed by atoms with E-state index in [2.05, 4.69) is 20.8 Å². The highest BCUT2D eigenvalue weighted by molar-refractivity contribution is 5.73. The largest absolute Gasteiger partial charge is 0.481 e. The Hall–Kier alpha value is -0.610. The van der Waals surface area contributed by atoms with E-state index < -0.39 is 5.97 Å². The molecule has 164 valence electrons. The maximum atomic E-state index is 11.4. The quantitative estimate of drug-likeness (QED) is 0.654. The van der Waals surface area contributed by atoms with Gasteiger partial charge in [0.25, 0.3) is 0 Å². The van der Waals surface area contributed by atoms with Crippen LogP contribution in [0.3, 0.4) is 0 Å². The van der Waals surface area contributed by atoms with Gasteiger partial charge in [0.05, 0.1) is 18.1 Å². The van der Waals surface area contributed by atoms with E-state index in [1.165, 1.54) is 25.7 Å². The zero-order chi connectivity index (χ0) is 20.7. The molecule has 0 aliphatic heterocycles. The van der Waals surface area contributed by atoms with Gasteiger partial charge in [-0.1, -0.05) is 20.8 Å². The Morgan fingerprint density at radius 1 is 0.931 bits per heavy atom. The number of carbonyl (C=O) groups is 1. The van der Waals surface area contributed by atoms with Crippen molar-refractivity contribution in [3.8, 4) is 0 Å². The molecular formula is C25H40O4. The SMILES string of the molecule is C[C@H]([C@@H]1C[C@@H]1C(=O)O)[C@H]1CC[C@H]2[C@@H]3[C@H](O)C[C@@H]4C[C@H](O)CC[C@]4(C)[C@H]3CC[C@]12C. The summed E-state index contributed by atoms with van der Waals surface area (Å²) in [6, 6.07) is 0. The molecule has 4 nitrogen and oxygen atoms in total. The predicted octanol–water partition coefficient (Wildman–Crippen LogP) is 4.33. The Bertz CT molecular complexity index is 678. The third kappa shape index (κ3) is 2.87. The fourth-order valence-electron chi connectivity index (χ4n) is 9.48. The molecule has 0 amide bonds. The molecular weight excluding hydrogens is 364 g/mol. The molecule has 5 aliphatic rings. The molecule has 12 atom stereocenters. The van der Waals surface area contributed by atoms with Crippen molar-refractivity contribution in [2.45, 2.75) is 90.8 Å². The van der Waals surface area contributed by atoms with Crippen molar-refractivity contribution in [1.82, 2.24) is 0 Å². The second kappa shape index (κ2) is 6.69. The Labute approximate surface area is 175 Å². The highest BCUT2D eigenvalue weighted by atomic mass is 16.4. The second-order valence-electron chi connectivity index (χ2n) is 12.2. The fraction of sp³-hybridized carbons (Fsp3) is 0.960. The van der Waals surface area contributed by atoms with Crippen LogP contribution in [0.15, 0.2) is 0 Å². The summed E-state index contributed by atoms with van der Waals surface area (Å²) < 4.78 is 0. The maximum Gasteiger partial charge on any atom is 0.306 e. The molecule has 5 saturated carbocycles. The standard InChI is InChI=1S/C25H40O4/c1-13(16-12-17(16)23(28)29)18-4-5-19-22-20(7-9-25(18,19)3)24(2)8-6-15(26)10-14(24)11-21(22)27/h13-22,26-27H,4-12H2,1-3H3,(H,28,29)/t13-,14+,15-,16+,17+,18-,19+,20+,21-,22+,24+,25-/m1/s1. The number of hydrogen-bond acceptors (Lipinski definition) is 3. The van der Waals surface area contributed by atoms with Crippen LogP contribution in [0, 0.1) is 58.2 Å². The van der Waals surface area contributed by atoms with Crippen LogP contribution in [-0.4, -0.2) is 33.5 Å². The van der Waals surface area contributed by atoms with Crippen LogP contribution in [0.4, 0.5) is 0 Å². The van der Waals surface area contributed by atoms with E-state index in [4.69, 9.17) is 0 Å². The topological polar surface area (TPSA) is 77.8 Å². The zero-order valence-electron chi connectivity index (χ0n) is 18.4. The van der Waals surface area contributed by atoms with Crippen molar-refractivity contribution in [3.05, 3.63) is 0 Å². The Morgan fingerprint density at radius 3 is 2.31 bits per heavy atom. The highest BCUT2D eigenvalue weighted by Crippen LogP contribution is 2.69. The molecule has 0 bridgehead atoms. The van der Waals surface area contributed by atoms with Gasteiger partial charge >= 0.3 is 5.97 Å². The number of hydrogen-bond donors (Lipinski definition) is 3. The number of carboxylic acid groups (broad SMARTS) is 1. The van der Waals surface area contributed by atoms with Crippen LogP contribution in [-0.2, 0) is 4.79 Å². The number of aliphatic carboxylic acids is 1. The number of rotatable bonds is 3. The van der Waals surface area contributed by atoms with E-state index in [9.17, 15) is 20.1 Å². The molecule has 5 aliphatic carbocycles. The summed E-state index contributed by atoms with van der Waals surface area (Å²) in [7, 11) is 0. The molecule has 4 heteroatoms. The molecule has 5 fully saturated rings. The minimum absolute atomic E-state index is 0.113. The monoisotopic (exact) mass is 404 g/mol. The third-order valence-corrected chi connectivity index (χ3v) is 11.2. The maximum absolute atomic E-state index is 11.4. The van der Waals surface area contributed by atoms with Crippen LogP contribution < -0.4 is 0 Å². The van der Waals surface area contributed by atoms with Gasteiger partial charge in [0.1, 0.15) is 0 Å². The van der Waals surface area contributed by atoms with Crippen LogP contribution in [0.25, 0.3) is 0 Å². The van der Waals surface area contributed by atoms with E-state index in [-0.39, 0.29) is 29.0 Å². The zero-order valence-corrected chi connectivity index (χ0v) is 18.4. The molecule has 3 N–H and O–H groups in total. The molecule has 0 saturated heterocycles. The molecule has 0 radical (unpaired) electrons. The van der Waals surface area contributed by atoms with Gasteiger partial charge in [-0.3, -0.25) is 4.79 Å². The van der Waals surface area contributed by atoms with Gasteiger partial charge in [0.15, 0.2) is 0 Å². The van der Waals surface area contributed by atoms with Crippen molar-refractivity contribution in [1.29, 1.82) is 0 Å². The second-order valence-corrected chi connectivity index (χ2v) is 12.2. The van der Waals surface area contributed by atoms with Gasteiger partial charge in [0, 0.05) is 0 Å². The lowest BCUT2D eigenvalue weighted by Crippen LogP contribution is -2.58. The fourth-order valence-corrected chi connectivity index (χ4v) is 9.48. The smallest absolute Gasteiger partial charge is 0.306 e. The van der Waals surface area contributed by atoms with E-state index in [0.29, 0.717) is 41.4 Å². The van der Waals surface area contributed by atoms with Crippen molar-refractivity contribution in [3.63, 3.8) is 0 Å². The average molecular weight is 405 g/mol. The first-order chi connectivity index (χ1) is 13.7. The normalized spacial score (nSPS) is 57.3. The van der Waals surface area contributed by atoms with Gasteiger partial charge in [-0.05, 0) is 110 Å². The molecule has 0 unspecified atom stereocenters. The van der Waals surface area contributed by atoms with Crippen molar-refractivity contribution in [2.24, 2.45) is 58.2 Å². The Balaban J connectivity index is 1.39. The van der Waals surface area contributed by atoms with E-state index in [1.807, 2.05) is 0 Å². The van der Waals surface area contributed by atoms with Crippen molar-refractivity contribution >= 4 is 5.97 Å². The summed E-state index contributed by atoms with van der Waals surface area (Å²) in [5.74, 6) is 2.76. The van der Waals surface area contributed by atoms with Crippen molar-refractivity contribution in [2.75, 3.05) is 0 Å². The summed E-state index contributed by atoms with van der Waals surface area (Å²) in [6.45, 7) is 7.26. The van der Waals surface area contributed by atoms with Gasteiger partial charge in [-0.25, -0.2) is 0 Å². The van der Waals surface area contributed by atoms with Gasteiger partial charge in [0.2, 0.25) is 0 Å². The van der Waals surface area contributed by atoms with Crippen LogP contribution >= 0.6 is 0 Å². The van der Waals surface area contributed by atoms with Gasteiger partial charge in [-0.2, -0.15) is 0 Å². The molecule has 29 heavy (non-hydrogen) atoms. The summed E-state index contributed by atoms with van der Waals surface area (Å²) in [5.41, 5.74) is 0.531. The average Bonchev–Trinajstić information content (AvgIpc) is 3.39. The number of aliphatic hydroxyl groups excluding tert-OH is 2. The summed E-state index contributed by atoms with van der Waals surface area (Å²) >= 11 is 0. The minimum atomic E-state index is -0.605. The number of fused-ring (bicyclic) bond motifs is 5. The van der Waals surface area contributed by atoms with Crippen LogP contribution in [0.1, 0.15) is 78.6 Å². The predicted molar refractivity (Wildman–Crippen MR) is 111 cm³/mol. The van der Waals surface area contributed by atoms with Crippen molar-refractivity contribution < 1.29 is 20.1 Å². The number of aliphatic hydroxyl groups is 2. The first-order valence-electron chi connectivity index (χ1n) is 12.3. The Morgan fingerprint density at radius 2 is 1.62 bits per heavy atom. The van der Waals surface area contributed by atoms with Crippen LogP contribution in [0.2, 0.25) is 0 Å². The lowest BCUT2D eigenvalue weighted by atomic mass is 9.43. The minimum Gasteiger partial charge on any atom is -0.481 e. The Kier molecular flexibility index (Phi) is 4.68. The summed E-state index contributed by atoms with van der Waals surface area (Å²) in [6.07, 6.45) is 9.08. The highest BCUT2D eigenvalue weighted by Gasteiger charge is 2.64. The first-order valence-corrected chi connectivity index (χ1v) is 12.3. The van der Waals surface area contributed by atoms with E-state index in [0.717, 1.165) is 32.1 Å². The lowest BCUT2D eigenvalue weighted by molar-refractivity contribution is -0.174. The van der Waals surface area contributed by atoms with Gasteiger partial charge < -0.3 is 15.3 Å². The molecule has 0 heterocycles. The van der Waals surface area contributed by atoms with E-state index in [1.54, 1.807) is 0 Å². The molecule has 0 aromatic heterocycles. The first kappa shape index (κ1) is 20.3. The molecule has 0 aromatic rings. The lowest BCUT2D eigenvalue weighted by Gasteiger charge is -2.62. The summed E-state index contributed by atoms with van der Waals surface area (Å²) in [5, 5.41) is 30.9. The molecule has 0 spiro atoms. The molecule has 0 aromatic carbocycles. The summed E-state index contributed by atoms with van der Waals surface area (Å²) in [4.78, 5) is 11.4. The molecule has 5 rings (SSSR count). The van der Waals surface area contributed by atoms with Gasteiger partial charge in [-0.15, -0.1) is 0 Å². The van der Waals surface area contributed by atoms with E-state index >= 15 is 0 Å². The van der Waals surface area contributed by atoms with Crippen LogP contribution in [0.5, 0.6) is 0 Å².